The number of hydrogen-bond acceptors (Lipinski definition) is 5. The Kier molecular flexibility index (Phi) is 3.85. The van der Waals surface area contributed by atoms with Gasteiger partial charge in [-0.2, -0.15) is 0 Å². The first kappa shape index (κ1) is 14.1. The van der Waals surface area contributed by atoms with E-state index in [1.54, 1.807) is 6.26 Å². The van der Waals surface area contributed by atoms with Crippen molar-refractivity contribution in [3.05, 3.63) is 24.2 Å². The molecule has 2 fully saturated rings. The van der Waals surface area contributed by atoms with Gasteiger partial charge in [-0.3, -0.25) is 4.90 Å². The maximum absolute atomic E-state index is 11.4. The van der Waals surface area contributed by atoms with Crippen LogP contribution in [-0.2, 0) is 21.3 Å². The minimum absolute atomic E-state index is 0.120. The summed E-state index contributed by atoms with van der Waals surface area (Å²) >= 11 is 0. The van der Waals surface area contributed by atoms with Crippen molar-refractivity contribution in [2.75, 3.05) is 32.6 Å². The summed E-state index contributed by atoms with van der Waals surface area (Å²) < 4.78 is 36.5. The van der Waals surface area contributed by atoms with Gasteiger partial charge in [0.2, 0.25) is 10.0 Å². The zero-order valence-electron chi connectivity index (χ0n) is 11.5. The molecule has 0 unspecified atom stereocenters. The molecule has 2 aliphatic heterocycles. The molecule has 0 aliphatic carbocycles. The summed E-state index contributed by atoms with van der Waals surface area (Å²) in [5, 5.41) is 0. The zero-order chi connectivity index (χ0) is 14.2. The second-order valence-electron chi connectivity index (χ2n) is 5.73. The topological polar surface area (TPSA) is 71.8 Å². The molecule has 1 aromatic rings. The minimum atomic E-state index is -3.20. The van der Waals surface area contributed by atoms with Gasteiger partial charge >= 0.3 is 0 Å². The van der Waals surface area contributed by atoms with E-state index >= 15 is 0 Å². The molecule has 2 saturated heterocycles. The number of nitrogens with zero attached hydrogens (tertiary/aromatic N) is 1. The lowest BCUT2D eigenvalue weighted by atomic mass is 9.88. The molecule has 0 aromatic carbocycles. The number of furan rings is 1. The molecule has 1 aromatic heterocycles. The third kappa shape index (κ3) is 3.22. The fourth-order valence-corrected chi connectivity index (χ4v) is 4.03. The van der Waals surface area contributed by atoms with Crippen molar-refractivity contribution in [3.8, 4) is 0 Å². The van der Waals surface area contributed by atoms with Gasteiger partial charge < -0.3 is 9.15 Å². The second kappa shape index (κ2) is 5.48. The number of likely N-dealkylation sites (tertiary alicyclic amines) is 1. The molecular weight excluding hydrogens is 280 g/mol. The maximum Gasteiger partial charge on any atom is 0.209 e. The van der Waals surface area contributed by atoms with E-state index in [9.17, 15) is 8.42 Å². The van der Waals surface area contributed by atoms with E-state index in [1.165, 1.54) is 6.26 Å². The fourth-order valence-electron chi connectivity index (χ4n) is 3.24. The van der Waals surface area contributed by atoms with Gasteiger partial charge in [0.05, 0.1) is 32.3 Å². The standard InChI is InChI=1S/C13H20N2O4S/c1-20(16,17)14-13-9-18-8-10-5-15(7-12(10)13)6-11-3-2-4-19-11/h2-4,10,12-14H,5-9H2,1H3/t10-,12-,13+/m0/s1. The molecule has 3 heterocycles. The first-order valence-electron chi connectivity index (χ1n) is 6.81. The quantitative estimate of drug-likeness (QED) is 0.864. The molecular formula is C13H20N2O4S. The van der Waals surface area contributed by atoms with Crippen LogP contribution in [0.1, 0.15) is 5.76 Å². The van der Waals surface area contributed by atoms with Crippen molar-refractivity contribution in [1.29, 1.82) is 0 Å². The summed E-state index contributed by atoms with van der Waals surface area (Å²) in [5.74, 6) is 1.64. The van der Waals surface area contributed by atoms with Crippen molar-refractivity contribution in [3.63, 3.8) is 0 Å². The van der Waals surface area contributed by atoms with Gasteiger partial charge in [-0.05, 0) is 18.1 Å². The van der Waals surface area contributed by atoms with Crippen molar-refractivity contribution in [2.24, 2.45) is 11.8 Å². The van der Waals surface area contributed by atoms with Gasteiger partial charge in [-0.1, -0.05) is 0 Å². The lowest BCUT2D eigenvalue weighted by Crippen LogP contribution is -2.49. The van der Waals surface area contributed by atoms with Gasteiger partial charge in [-0.15, -0.1) is 0 Å². The Morgan fingerprint density at radius 2 is 2.25 bits per heavy atom. The molecule has 7 heteroatoms. The van der Waals surface area contributed by atoms with Gasteiger partial charge in [-0.25, -0.2) is 13.1 Å². The number of rotatable bonds is 4. The van der Waals surface area contributed by atoms with E-state index in [1.807, 2.05) is 12.1 Å². The molecule has 0 amide bonds. The van der Waals surface area contributed by atoms with E-state index in [0.717, 1.165) is 25.4 Å². The van der Waals surface area contributed by atoms with Crippen LogP contribution in [0.5, 0.6) is 0 Å². The summed E-state index contributed by atoms with van der Waals surface area (Å²) in [7, 11) is -3.20. The predicted molar refractivity (Wildman–Crippen MR) is 73.6 cm³/mol. The van der Waals surface area contributed by atoms with Gasteiger partial charge in [0.15, 0.2) is 0 Å². The van der Waals surface area contributed by atoms with Crippen molar-refractivity contribution >= 4 is 10.0 Å². The van der Waals surface area contributed by atoms with Crippen molar-refractivity contribution < 1.29 is 17.6 Å². The van der Waals surface area contributed by atoms with E-state index in [4.69, 9.17) is 9.15 Å². The summed E-state index contributed by atoms with van der Waals surface area (Å²) in [6.45, 7) is 3.74. The molecule has 0 radical (unpaired) electrons. The van der Waals surface area contributed by atoms with Crippen LogP contribution in [0.2, 0.25) is 0 Å². The highest BCUT2D eigenvalue weighted by molar-refractivity contribution is 7.88. The highest BCUT2D eigenvalue weighted by Gasteiger charge is 2.41. The summed E-state index contributed by atoms with van der Waals surface area (Å²) in [6.07, 6.45) is 2.88. The van der Waals surface area contributed by atoms with E-state index in [0.29, 0.717) is 25.0 Å². The number of nitrogens with one attached hydrogen (secondary N) is 1. The second-order valence-corrected chi connectivity index (χ2v) is 7.51. The summed E-state index contributed by atoms with van der Waals surface area (Å²) in [4.78, 5) is 2.31. The Bertz CT molecular complexity index is 543. The van der Waals surface area contributed by atoms with Crippen LogP contribution in [0.3, 0.4) is 0 Å². The number of ether oxygens (including phenoxy) is 1. The normalized spacial score (nSPS) is 31.4. The van der Waals surface area contributed by atoms with Crippen LogP contribution >= 0.6 is 0 Å². The third-order valence-corrected chi connectivity index (χ3v) is 4.77. The molecule has 20 heavy (non-hydrogen) atoms. The van der Waals surface area contributed by atoms with Crippen LogP contribution in [0.15, 0.2) is 22.8 Å². The van der Waals surface area contributed by atoms with Crippen LogP contribution in [0.4, 0.5) is 0 Å². The monoisotopic (exact) mass is 300 g/mol. The Morgan fingerprint density at radius 1 is 1.40 bits per heavy atom. The molecule has 3 atom stereocenters. The Labute approximate surface area is 119 Å². The largest absolute Gasteiger partial charge is 0.468 e. The van der Waals surface area contributed by atoms with Crippen molar-refractivity contribution in [2.45, 2.75) is 12.6 Å². The van der Waals surface area contributed by atoms with Crippen LogP contribution in [0, 0.1) is 11.8 Å². The molecule has 2 aliphatic rings. The van der Waals surface area contributed by atoms with Crippen LogP contribution < -0.4 is 4.72 Å². The zero-order valence-corrected chi connectivity index (χ0v) is 12.3. The van der Waals surface area contributed by atoms with Gasteiger partial charge in [0, 0.05) is 25.0 Å². The lowest BCUT2D eigenvalue weighted by molar-refractivity contribution is 0.0164. The Hall–Kier alpha value is -0.890. The number of fused-ring (bicyclic) bond motifs is 1. The number of hydrogen-bond donors (Lipinski definition) is 1. The maximum atomic E-state index is 11.4. The van der Waals surface area contributed by atoms with E-state index in [-0.39, 0.29) is 6.04 Å². The fraction of sp³-hybridized carbons (Fsp3) is 0.692. The Balaban J connectivity index is 1.65. The smallest absolute Gasteiger partial charge is 0.209 e. The van der Waals surface area contributed by atoms with Gasteiger partial charge in [0.1, 0.15) is 5.76 Å². The summed E-state index contributed by atoms with van der Waals surface area (Å²) in [5.41, 5.74) is 0. The number of sulfonamides is 1. The highest BCUT2D eigenvalue weighted by Crippen LogP contribution is 2.31. The first-order chi connectivity index (χ1) is 9.51. The third-order valence-electron chi connectivity index (χ3n) is 4.04. The van der Waals surface area contributed by atoms with Crippen LogP contribution in [-0.4, -0.2) is 51.9 Å². The van der Waals surface area contributed by atoms with E-state index in [2.05, 4.69) is 9.62 Å². The molecule has 112 valence electrons. The minimum Gasteiger partial charge on any atom is -0.468 e. The average Bonchev–Trinajstić information content (AvgIpc) is 2.97. The average molecular weight is 300 g/mol. The van der Waals surface area contributed by atoms with Gasteiger partial charge in [0.25, 0.3) is 0 Å². The first-order valence-corrected chi connectivity index (χ1v) is 8.70. The molecule has 3 rings (SSSR count). The van der Waals surface area contributed by atoms with Crippen LogP contribution in [0.25, 0.3) is 0 Å². The SMILES string of the molecule is CS(=O)(=O)N[C@@H]1COC[C@@H]2CN(Cc3ccco3)C[C@@H]21. The van der Waals surface area contributed by atoms with E-state index < -0.39 is 10.0 Å². The highest BCUT2D eigenvalue weighted by atomic mass is 32.2. The van der Waals surface area contributed by atoms with Crippen molar-refractivity contribution in [1.82, 2.24) is 9.62 Å². The molecule has 0 spiro atoms. The molecule has 0 saturated carbocycles. The Morgan fingerprint density at radius 3 is 2.95 bits per heavy atom. The molecule has 1 N–H and O–H groups in total. The summed E-state index contributed by atoms with van der Waals surface area (Å²) in [6, 6.07) is 3.73. The predicted octanol–water partition coefficient (Wildman–Crippen LogP) is 0.276. The lowest BCUT2D eigenvalue weighted by Gasteiger charge is -2.32. The molecule has 0 bridgehead atoms. The molecule has 6 nitrogen and oxygen atoms in total.